The molecule has 0 aromatic carbocycles. The molecule has 0 aliphatic carbocycles. The molecule has 96 valence electrons. The molecule has 0 amide bonds. The quantitative estimate of drug-likeness (QED) is 0.456. The van der Waals surface area contributed by atoms with Crippen LogP contribution in [-0.4, -0.2) is 35.1 Å². The maximum Gasteiger partial charge on any atom is 0.249 e. The third kappa shape index (κ3) is 3.12. The summed E-state index contributed by atoms with van der Waals surface area (Å²) >= 11 is 0. The zero-order chi connectivity index (χ0) is 13.0. The molecule has 1 aliphatic rings. The maximum atomic E-state index is 10.8. The Morgan fingerprint density at radius 3 is 2.65 bits per heavy atom. The number of aliphatic hydroxyl groups excluding tert-OH is 1. The fourth-order valence-corrected chi connectivity index (χ4v) is 1.76. The van der Waals surface area contributed by atoms with Crippen molar-refractivity contribution in [3.05, 3.63) is 33.5 Å². The van der Waals surface area contributed by atoms with Gasteiger partial charge in [0.2, 0.25) is 5.70 Å². The van der Waals surface area contributed by atoms with E-state index in [0.29, 0.717) is 5.57 Å². The Bertz CT molecular complexity index is 350. The van der Waals surface area contributed by atoms with E-state index in [0.717, 1.165) is 0 Å². The molecule has 1 fully saturated rings. The average Bonchev–Trinajstić information content (AvgIpc) is 2.66. The van der Waals surface area contributed by atoms with Crippen LogP contribution >= 0.6 is 0 Å². The first-order chi connectivity index (χ1) is 8.01. The first-order valence-electron chi connectivity index (χ1n) is 5.40. The smallest absolute Gasteiger partial charge is 0.249 e. The summed E-state index contributed by atoms with van der Waals surface area (Å²) < 4.78 is 10.8. The molecule has 0 bridgehead atoms. The van der Waals surface area contributed by atoms with Crippen LogP contribution in [0, 0.1) is 10.1 Å². The lowest BCUT2D eigenvalue weighted by molar-refractivity contribution is -0.425. The predicted octanol–water partition coefficient (Wildman–Crippen LogP) is 1.24. The van der Waals surface area contributed by atoms with Gasteiger partial charge in [-0.1, -0.05) is 12.2 Å². The molecule has 1 rings (SSSR count). The minimum absolute atomic E-state index is 0.00394. The summed E-state index contributed by atoms with van der Waals surface area (Å²) in [6.45, 7) is 4.63. The van der Waals surface area contributed by atoms with Gasteiger partial charge in [0.25, 0.3) is 0 Å². The number of ether oxygens (including phenoxy) is 2. The molecule has 17 heavy (non-hydrogen) atoms. The van der Waals surface area contributed by atoms with Crippen molar-refractivity contribution in [1.82, 2.24) is 0 Å². The molecule has 1 N–H and O–H groups in total. The van der Waals surface area contributed by atoms with Gasteiger partial charge in [-0.25, -0.2) is 0 Å². The van der Waals surface area contributed by atoms with Crippen LogP contribution < -0.4 is 0 Å². The van der Waals surface area contributed by atoms with E-state index >= 15 is 0 Å². The van der Waals surface area contributed by atoms with E-state index in [-0.39, 0.29) is 12.3 Å². The fourth-order valence-electron chi connectivity index (χ4n) is 1.76. The van der Waals surface area contributed by atoms with E-state index in [1.807, 2.05) is 0 Å². The Hall–Kier alpha value is -1.24. The van der Waals surface area contributed by atoms with Gasteiger partial charge in [0.05, 0.1) is 17.1 Å². The zero-order valence-corrected chi connectivity index (χ0v) is 10.1. The topological polar surface area (TPSA) is 81.8 Å². The van der Waals surface area contributed by atoms with Gasteiger partial charge in [0.15, 0.2) is 6.29 Å². The van der Waals surface area contributed by atoms with Crippen molar-refractivity contribution in [2.75, 3.05) is 6.61 Å². The Kier molecular flexibility index (Phi) is 4.80. The second-order valence-corrected chi connectivity index (χ2v) is 3.78. The van der Waals surface area contributed by atoms with Gasteiger partial charge in [-0.3, -0.25) is 10.1 Å². The van der Waals surface area contributed by atoms with E-state index in [4.69, 9.17) is 9.47 Å². The summed E-state index contributed by atoms with van der Waals surface area (Å²) in [7, 11) is 0. The van der Waals surface area contributed by atoms with E-state index in [2.05, 4.69) is 0 Å². The number of nitrogens with zero attached hydrogens (tertiary/aromatic N) is 1. The van der Waals surface area contributed by atoms with Crippen molar-refractivity contribution in [2.45, 2.75) is 39.3 Å². The second-order valence-electron chi connectivity index (χ2n) is 3.78. The number of aliphatic hydroxyl groups is 1. The number of nitro groups is 1. The highest BCUT2D eigenvalue weighted by molar-refractivity contribution is 5.27. The van der Waals surface area contributed by atoms with Crippen molar-refractivity contribution < 1.29 is 19.5 Å². The molecule has 0 aromatic rings. The van der Waals surface area contributed by atoms with Gasteiger partial charge >= 0.3 is 0 Å². The predicted molar refractivity (Wildman–Crippen MR) is 60.8 cm³/mol. The van der Waals surface area contributed by atoms with Crippen LogP contribution in [0.4, 0.5) is 0 Å². The lowest BCUT2D eigenvalue weighted by Crippen LogP contribution is -2.29. The summed E-state index contributed by atoms with van der Waals surface area (Å²) in [5.74, 6) is 0. The molecular formula is C11H17NO5. The lowest BCUT2D eigenvalue weighted by atomic mass is 10.0. The van der Waals surface area contributed by atoms with Crippen molar-refractivity contribution in [3.8, 4) is 0 Å². The van der Waals surface area contributed by atoms with Crippen molar-refractivity contribution >= 4 is 0 Å². The van der Waals surface area contributed by atoms with E-state index < -0.39 is 23.4 Å². The first-order valence-corrected chi connectivity index (χ1v) is 5.40. The SMILES string of the molecule is C/C=C\C(=C(/C)[N+](=O)[O-])C1OC(C)OC1CO. The normalized spacial score (nSPS) is 30.7. The Balaban J connectivity index is 3.07. The average molecular weight is 243 g/mol. The van der Waals surface area contributed by atoms with Crippen LogP contribution in [0.5, 0.6) is 0 Å². The van der Waals surface area contributed by atoms with Crippen molar-refractivity contribution in [3.63, 3.8) is 0 Å². The highest BCUT2D eigenvalue weighted by atomic mass is 16.7. The Morgan fingerprint density at radius 2 is 2.18 bits per heavy atom. The number of rotatable bonds is 4. The van der Waals surface area contributed by atoms with E-state index in [1.165, 1.54) is 6.92 Å². The summed E-state index contributed by atoms with van der Waals surface area (Å²) in [6, 6.07) is 0. The largest absolute Gasteiger partial charge is 0.394 e. The van der Waals surface area contributed by atoms with Crippen LogP contribution in [0.15, 0.2) is 23.4 Å². The molecule has 6 nitrogen and oxygen atoms in total. The van der Waals surface area contributed by atoms with Crippen LogP contribution in [0.3, 0.4) is 0 Å². The van der Waals surface area contributed by atoms with Crippen LogP contribution in [0.1, 0.15) is 20.8 Å². The molecular weight excluding hydrogens is 226 g/mol. The molecule has 1 heterocycles. The van der Waals surface area contributed by atoms with Crippen LogP contribution in [-0.2, 0) is 9.47 Å². The van der Waals surface area contributed by atoms with Gasteiger partial charge in [-0.2, -0.15) is 0 Å². The highest BCUT2D eigenvalue weighted by Crippen LogP contribution is 2.27. The Morgan fingerprint density at radius 1 is 1.53 bits per heavy atom. The molecule has 0 aromatic heterocycles. The third-order valence-electron chi connectivity index (χ3n) is 2.57. The molecule has 0 saturated carbocycles. The fraction of sp³-hybridized carbons (Fsp3) is 0.636. The second kappa shape index (κ2) is 5.90. The molecule has 1 aliphatic heterocycles. The lowest BCUT2D eigenvalue weighted by Gasteiger charge is -2.15. The first kappa shape index (κ1) is 13.8. The third-order valence-corrected chi connectivity index (χ3v) is 2.57. The Labute approximate surface area is 99.7 Å². The number of hydrogen-bond acceptors (Lipinski definition) is 5. The summed E-state index contributed by atoms with van der Waals surface area (Å²) in [4.78, 5) is 10.3. The summed E-state index contributed by atoms with van der Waals surface area (Å²) in [6.07, 6.45) is 1.68. The number of hydrogen-bond donors (Lipinski definition) is 1. The molecule has 6 heteroatoms. The number of allylic oxidation sites excluding steroid dienone is 2. The standard InChI is InChI=1S/C11H17NO5/c1-4-5-9(7(2)12(14)15)11-10(6-13)16-8(3)17-11/h4-5,8,10-11,13H,6H2,1-3H3/b5-4-,9-7-. The van der Waals surface area contributed by atoms with Gasteiger partial charge < -0.3 is 14.6 Å². The van der Waals surface area contributed by atoms with Crippen LogP contribution in [0.2, 0.25) is 0 Å². The molecule has 3 atom stereocenters. The summed E-state index contributed by atoms with van der Waals surface area (Å²) in [5, 5.41) is 20.0. The van der Waals surface area contributed by atoms with Crippen molar-refractivity contribution in [2.24, 2.45) is 0 Å². The minimum atomic E-state index is -0.600. The van der Waals surface area contributed by atoms with Gasteiger partial charge in [-0.15, -0.1) is 0 Å². The molecule has 3 unspecified atom stereocenters. The molecule has 0 spiro atoms. The van der Waals surface area contributed by atoms with Gasteiger partial charge in [0.1, 0.15) is 12.2 Å². The van der Waals surface area contributed by atoms with Crippen LogP contribution in [0.25, 0.3) is 0 Å². The molecule has 1 saturated heterocycles. The van der Waals surface area contributed by atoms with Gasteiger partial charge in [-0.05, 0) is 13.8 Å². The maximum absolute atomic E-state index is 10.8. The van der Waals surface area contributed by atoms with Gasteiger partial charge in [0, 0.05) is 6.92 Å². The molecule has 0 radical (unpaired) electrons. The van der Waals surface area contributed by atoms with Crippen molar-refractivity contribution in [1.29, 1.82) is 0 Å². The summed E-state index contributed by atoms with van der Waals surface area (Å²) in [5.41, 5.74) is 0.435. The zero-order valence-electron chi connectivity index (χ0n) is 10.1. The minimum Gasteiger partial charge on any atom is -0.394 e. The highest BCUT2D eigenvalue weighted by Gasteiger charge is 2.37. The monoisotopic (exact) mass is 243 g/mol. The van der Waals surface area contributed by atoms with E-state index in [9.17, 15) is 15.2 Å². The van der Waals surface area contributed by atoms with E-state index in [1.54, 1.807) is 26.0 Å².